The van der Waals surface area contributed by atoms with E-state index in [4.69, 9.17) is 0 Å². The highest BCUT2D eigenvalue weighted by Gasteiger charge is 2.06. The third kappa shape index (κ3) is 0.980. The highest BCUT2D eigenvalue weighted by atomic mass is 32.1. The molecular weight excluding hydrogens is 120 g/mol. The third-order valence-corrected chi connectivity index (χ3v) is 1.67. The van der Waals surface area contributed by atoms with Crippen molar-refractivity contribution in [2.45, 2.75) is 0 Å². The van der Waals surface area contributed by atoms with E-state index in [0.29, 0.717) is 0 Å². The second kappa shape index (κ2) is 2.42. The first kappa shape index (κ1) is 5.98. The molecule has 0 aromatic carbocycles. The second-order valence-electron chi connectivity index (χ2n) is 1.78. The summed E-state index contributed by atoms with van der Waals surface area (Å²) >= 11 is 4.22. The lowest BCUT2D eigenvalue weighted by Gasteiger charge is -1.97. The Morgan fingerprint density at radius 2 is 2.38 bits per heavy atom. The lowest BCUT2D eigenvalue weighted by molar-refractivity contribution is 0.833. The topological polar surface area (TPSA) is 24.1 Å². The smallest absolute Gasteiger partial charge is 0.0365 e. The van der Waals surface area contributed by atoms with Crippen LogP contribution in [0.15, 0.2) is 10.6 Å². The molecule has 0 aliphatic carbocycles. The van der Waals surface area contributed by atoms with Gasteiger partial charge in [0.05, 0.1) is 0 Å². The van der Waals surface area contributed by atoms with Crippen molar-refractivity contribution in [1.29, 1.82) is 0 Å². The van der Waals surface area contributed by atoms with Gasteiger partial charge in [0.15, 0.2) is 0 Å². The first-order chi connectivity index (χ1) is 3.84. The third-order valence-electron chi connectivity index (χ3n) is 1.24. The van der Waals surface area contributed by atoms with Gasteiger partial charge in [0.1, 0.15) is 0 Å². The molecule has 1 aliphatic heterocycles. The maximum Gasteiger partial charge on any atom is 0.0365 e. The summed E-state index contributed by atoms with van der Waals surface area (Å²) < 4.78 is 0. The van der Waals surface area contributed by atoms with E-state index in [1.54, 1.807) is 0 Å². The largest absolute Gasteiger partial charge is 0.390 e. The van der Waals surface area contributed by atoms with Crippen LogP contribution in [0, 0.1) is 0 Å². The van der Waals surface area contributed by atoms with E-state index in [2.05, 4.69) is 23.3 Å². The minimum Gasteiger partial charge on any atom is -0.390 e. The van der Waals surface area contributed by atoms with Crippen LogP contribution >= 0.6 is 12.6 Å². The van der Waals surface area contributed by atoms with Gasteiger partial charge in [0.2, 0.25) is 0 Å². The minimum atomic E-state index is 0.916. The summed E-state index contributed by atoms with van der Waals surface area (Å²) in [5.74, 6) is 0. The van der Waals surface area contributed by atoms with Crippen molar-refractivity contribution in [3.05, 3.63) is 10.6 Å². The molecule has 1 aliphatic rings. The molecule has 1 heterocycles. The van der Waals surface area contributed by atoms with Crippen molar-refractivity contribution < 1.29 is 0 Å². The molecule has 0 bridgehead atoms. The van der Waals surface area contributed by atoms with E-state index in [9.17, 15) is 0 Å². The van der Waals surface area contributed by atoms with E-state index in [-0.39, 0.29) is 0 Å². The fourth-order valence-electron chi connectivity index (χ4n) is 0.747. The van der Waals surface area contributed by atoms with Gasteiger partial charge in [-0.05, 0) is 0 Å². The maximum atomic E-state index is 4.22. The van der Waals surface area contributed by atoms with Crippen molar-refractivity contribution in [3.8, 4) is 0 Å². The Morgan fingerprint density at radius 3 is 2.62 bits per heavy atom. The zero-order chi connectivity index (χ0) is 5.98. The molecule has 0 fully saturated rings. The van der Waals surface area contributed by atoms with Crippen molar-refractivity contribution >= 4 is 12.6 Å². The zero-order valence-corrected chi connectivity index (χ0v) is 5.76. The van der Waals surface area contributed by atoms with Gasteiger partial charge in [0, 0.05) is 30.7 Å². The Morgan fingerprint density at radius 1 is 1.62 bits per heavy atom. The standard InChI is InChI=1S/C5H10N2S/c1-6-4-2-7-3-5(4)8/h6-8H,2-3H2,1H3. The summed E-state index contributed by atoms with van der Waals surface area (Å²) in [7, 11) is 1.92. The average Bonchev–Trinajstić information content (AvgIpc) is 2.14. The molecule has 0 amide bonds. The van der Waals surface area contributed by atoms with Crippen LogP contribution in [-0.4, -0.2) is 20.1 Å². The molecule has 0 saturated carbocycles. The molecule has 0 saturated heterocycles. The molecule has 8 heavy (non-hydrogen) atoms. The van der Waals surface area contributed by atoms with Gasteiger partial charge in [-0.2, -0.15) is 0 Å². The maximum absolute atomic E-state index is 4.22. The Hall–Kier alpha value is -0.150. The number of hydrogen-bond acceptors (Lipinski definition) is 3. The van der Waals surface area contributed by atoms with E-state index >= 15 is 0 Å². The lowest BCUT2D eigenvalue weighted by Crippen LogP contribution is -2.14. The van der Waals surface area contributed by atoms with E-state index < -0.39 is 0 Å². The van der Waals surface area contributed by atoms with Crippen LogP contribution in [0.2, 0.25) is 0 Å². The predicted molar refractivity (Wildman–Crippen MR) is 37.9 cm³/mol. The van der Waals surface area contributed by atoms with E-state index in [1.165, 1.54) is 5.70 Å². The van der Waals surface area contributed by atoms with Gasteiger partial charge < -0.3 is 10.6 Å². The number of rotatable bonds is 1. The number of likely N-dealkylation sites (N-methyl/N-ethyl adjacent to an activating group) is 1. The summed E-state index contributed by atoms with van der Waals surface area (Å²) in [6, 6.07) is 0. The van der Waals surface area contributed by atoms with Crippen LogP contribution in [0.3, 0.4) is 0 Å². The Kier molecular flexibility index (Phi) is 1.81. The molecule has 0 aromatic heterocycles. The minimum absolute atomic E-state index is 0.916. The quantitative estimate of drug-likeness (QED) is 0.434. The first-order valence-electron chi connectivity index (χ1n) is 2.64. The molecule has 2 nitrogen and oxygen atoms in total. The SMILES string of the molecule is CNC1=C(S)CNC1. The molecule has 0 unspecified atom stereocenters. The van der Waals surface area contributed by atoms with Crippen molar-refractivity contribution in [1.82, 2.24) is 10.6 Å². The Bertz CT molecular complexity index is 120. The Balaban J connectivity index is 2.58. The molecular formula is C5H10N2S. The van der Waals surface area contributed by atoms with Gasteiger partial charge >= 0.3 is 0 Å². The molecule has 2 N–H and O–H groups in total. The van der Waals surface area contributed by atoms with Crippen molar-refractivity contribution in [2.24, 2.45) is 0 Å². The molecule has 1 rings (SSSR count). The molecule has 0 atom stereocenters. The van der Waals surface area contributed by atoms with Gasteiger partial charge in [0.25, 0.3) is 0 Å². The molecule has 0 radical (unpaired) electrons. The monoisotopic (exact) mass is 130 g/mol. The fourth-order valence-corrected chi connectivity index (χ4v) is 1.05. The number of thiol groups is 1. The normalized spacial score (nSPS) is 19.8. The first-order valence-corrected chi connectivity index (χ1v) is 3.09. The van der Waals surface area contributed by atoms with Gasteiger partial charge in [-0.3, -0.25) is 0 Å². The van der Waals surface area contributed by atoms with Gasteiger partial charge in [-0.1, -0.05) is 0 Å². The fraction of sp³-hybridized carbons (Fsp3) is 0.600. The van der Waals surface area contributed by atoms with E-state index in [0.717, 1.165) is 18.0 Å². The summed E-state index contributed by atoms with van der Waals surface area (Å²) in [5.41, 5.74) is 1.22. The van der Waals surface area contributed by atoms with Crippen LogP contribution in [0.1, 0.15) is 0 Å². The average molecular weight is 130 g/mol. The molecule has 0 spiro atoms. The van der Waals surface area contributed by atoms with Gasteiger partial charge in [-0.25, -0.2) is 0 Å². The van der Waals surface area contributed by atoms with Crippen molar-refractivity contribution in [3.63, 3.8) is 0 Å². The summed E-state index contributed by atoms with van der Waals surface area (Å²) in [5, 5.41) is 6.21. The van der Waals surface area contributed by atoms with Crippen LogP contribution < -0.4 is 10.6 Å². The van der Waals surface area contributed by atoms with Crippen LogP contribution in [0.4, 0.5) is 0 Å². The molecule has 46 valence electrons. The number of nitrogens with one attached hydrogen (secondary N) is 2. The molecule has 3 heteroatoms. The van der Waals surface area contributed by atoms with Crippen LogP contribution in [0.25, 0.3) is 0 Å². The van der Waals surface area contributed by atoms with Crippen molar-refractivity contribution in [2.75, 3.05) is 20.1 Å². The number of hydrogen-bond donors (Lipinski definition) is 3. The molecule has 0 aromatic rings. The van der Waals surface area contributed by atoms with Crippen LogP contribution in [-0.2, 0) is 0 Å². The highest BCUT2D eigenvalue weighted by Crippen LogP contribution is 2.08. The second-order valence-corrected chi connectivity index (χ2v) is 2.32. The van der Waals surface area contributed by atoms with Crippen LogP contribution in [0.5, 0.6) is 0 Å². The highest BCUT2D eigenvalue weighted by molar-refractivity contribution is 7.84. The summed E-state index contributed by atoms with van der Waals surface area (Å²) in [6.07, 6.45) is 0. The summed E-state index contributed by atoms with van der Waals surface area (Å²) in [6.45, 7) is 1.86. The Labute approximate surface area is 54.8 Å². The zero-order valence-electron chi connectivity index (χ0n) is 4.86. The lowest BCUT2D eigenvalue weighted by atomic mass is 10.4. The van der Waals surface area contributed by atoms with Gasteiger partial charge in [-0.15, -0.1) is 12.6 Å². The van der Waals surface area contributed by atoms with E-state index in [1.807, 2.05) is 7.05 Å². The predicted octanol–water partition coefficient (Wildman–Crippen LogP) is -0.0496. The summed E-state index contributed by atoms with van der Waals surface area (Å²) in [4.78, 5) is 1.13.